The average molecular weight is 332 g/mol. The van der Waals surface area contributed by atoms with Crippen molar-refractivity contribution in [3.05, 3.63) is 58.6 Å². The zero-order valence-electron chi connectivity index (χ0n) is 12.2. The lowest BCUT2D eigenvalue weighted by Crippen LogP contribution is -2.35. The number of benzene rings is 2. The number of rotatable bonds is 2. The van der Waals surface area contributed by atoms with Crippen LogP contribution in [0.1, 0.15) is 22.3 Å². The molecule has 0 radical (unpaired) electrons. The van der Waals surface area contributed by atoms with Gasteiger partial charge in [-0.1, -0.05) is 29.8 Å². The van der Waals surface area contributed by atoms with Gasteiger partial charge in [0.2, 0.25) is 0 Å². The second-order valence-corrected chi connectivity index (χ2v) is 5.61. The highest BCUT2D eigenvalue weighted by molar-refractivity contribution is 6.34. The lowest BCUT2D eigenvalue weighted by molar-refractivity contribution is 0.0985. The molecule has 0 aliphatic carbocycles. The largest absolute Gasteiger partial charge is 0.511 e. The van der Waals surface area contributed by atoms with E-state index < -0.39 is 6.16 Å². The first-order valence-corrected chi connectivity index (χ1v) is 7.54. The minimum Gasteiger partial charge on any atom is -0.449 e. The molecule has 3 rings (SSSR count). The summed E-state index contributed by atoms with van der Waals surface area (Å²) in [6.45, 7) is 0.549. The Morgan fingerprint density at radius 2 is 1.96 bits per heavy atom. The van der Waals surface area contributed by atoms with Gasteiger partial charge in [0.25, 0.3) is 5.91 Å². The number of anilines is 1. The molecule has 1 amide bonds. The Kier molecular flexibility index (Phi) is 4.21. The molecule has 1 aliphatic heterocycles. The standard InChI is InChI=1S/C17H14ClNO4/c18-14-6-2-1-5-13(14)16(20)19-9-3-4-11-7-8-12(10-15(11)19)23-17(21)22/h1-2,5-8,10H,3-4,9H2,(H,21,22). The van der Waals surface area contributed by atoms with Crippen LogP contribution in [-0.2, 0) is 6.42 Å². The monoisotopic (exact) mass is 331 g/mol. The molecule has 1 aliphatic rings. The molecular weight excluding hydrogens is 318 g/mol. The van der Waals surface area contributed by atoms with E-state index >= 15 is 0 Å². The first-order chi connectivity index (χ1) is 11.1. The predicted molar refractivity (Wildman–Crippen MR) is 86.5 cm³/mol. The van der Waals surface area contributed by atoms with E-state index in [0.29, 0.717) is 22.8 Å². The van der Waals surface area contributed by atoms with Gasteiger partial charge in [-0.2, -0.15) is 0 Å². The molecule has 0 saturated carbocycles. The molecule has 118 valence electrons. The molecule has 1 heterocycles. The number of hydrogen-bond donors (Lipinski definition) is 1. The number of carbonyl (C=O) groups excluding carboxylic acids is 1. The summed E-state index contributed by atoms with van der Waals surface area (Å²) < 4.78 is 4.69. The highest BCUT2D eigenvalue weighted by Crippen LogP contribution is 2.33. The normalized spacial score (nSPS) is 13.3. The van der Waals surface area contributed by atoms with Crippen LogP contribution in [0.15, 0.2) is 42.5 Å². The summed E-state index contributed by atoms with van der Waals surface area (Å²) in [7, 11) is 0. The smallest absolute Gasteiger partial charge is 0.449 e. The zero-order chi connectivity index (χ0) is 16.4. The molecule has 0 fully saturated rings. The second kappa shape index (κ2) is 6.30. The number of nitrogens with zero attached hydrogens (tertiary/aromatic N) is 1. The molecule has 6 heteroatoms. The fourth-order valence-corrected chi connectivity index (χ4v) is 2.93. The minimum atomic E-state index is -1.38. The van der Waals surface area contributed by atoms with Gasteiger partial charge in [0.05, 0.1) is 16.3 Å². The first kappa shape index (κ1) is 15.4. The number of halogens is 1. The molecule has 0 aromatic heterocycles. The van der Waals surface area contributed by atoms with Crippen molar-refractivity contribution >= 4 is 29.4 Å². The molecule has 5 nitrogen and oxygen atoms in total. The van der Waals surface area contributed by atoms with E-state index in [4.69, 9.17) is 21.4 Å². The number of hydrogen-bond acceptors (Lipinski definition) is 3. The zero-order valence-corrected chi connectivity index (χ0v) is 12.9. The van der Waals surface area contributed by atoms with E-state index in [9.17, 15) is 9.59 Å². The van der Waals surface area contributed by atoms with Crippen molar-refractivity contribution < 1.29 is 19.4 Å². The summed E-state index contributed by atoms with van der Waals surface area (Å²) in [6, 6.07) is 11.8. The van der Waals surface area contributed by atoms with Gasteiger partial charge in [0.15, 0.2) is 0 Å². The molecule has 23 heavy (non-hydrogen) atoms. The lowest BCUT2D eigenvalue weighted by atomic mass is 10.0. The van der Waals surface area contributed by atoms with Crippen LogP contribution >= 0.6 is 11.6 Å². The fourth-order valence-electron chi connectivity index (χ4n) is 2.71. The summed E-state index contributed by atoms with van der Waals surface area (Å²) in [6.07, 6.45) is 0.280. The van der Waals surface area contributed by atoms with Crippen LogP contribution in [0.5, 0.6) is 5.75 Å². The van der Waals surface area contributed by atoms with Gasteiger partial charge in [0.1, 0.15) is 5.75 Å². The van der Waals surface area contributed by atoms with Crippen molar-refractivity contribution in [1.82, 2.24) is 0 Å². The molecule has 0 spiro atoms. The van der Waals surface area contributed by atoms with Crippen LogP contribution in [0.2, 0.25) is 5.02 Å². The predicted octanol–water partition coefficient (Wildman–Crippen LogP) is 3.99. The first-order valence-electron chi connectivity index (χ1n) is 7.16. The van der Waals surface area contributed by atoms with Crippen molar-refractivity contribution in [3.63, 3.8) is 0 Å². The third kappa shape index (κ3) is 3.14. The number of fused-ring (bicyclic) bond motifs is 1. The van der Waals surface area contributed by atoms with Crippen molar-refractivity contribution in [2.45, 2.75) is 12.8 Å². The van der Waals surface area contributed by atoms with Crippen LogP contribution in [0, 0.1) is 0 Å². The average Bonchev–Trinajstić information content (AvgIpc) is 2.53. The van der Waals surface area contributed by atoms with Gasteiger partial charge in [-0.25, -0.2) is 4.79 Å². The van der Waals surface area contributed by atoms with E-state index in [1.54, 1.807) is 47.4 Å². The summed E-state index contributed by atoms with van der Waals surface area (Å²) in [5.41, 5.74) is 2.07. The summed E-state index contributed by atoms with van der Waals surface area (Å²) in [5.74, 6) is -0.0147. The number of amides is 1. The van der Waals surface area contributed by atoms with Crippen molar-refractivity contribution in [3.8, 4) is 5.75 Å². The highest BCUT2D eigenvalue weighted by Gasteiger charge is 2.25. The third-order valence-electron chi connectivity index (χ3n) is 3.73. The summed E-state index contributed by atoms with van der Waals surface area (Å²) in [4.78, 5) is 25.1. The Morgan fingerprint density at radius 3 is 2.70 bits per heavy atom. The van der Waals surface area contributed by atoms with Crippen LogP contribution in [0.3, 0.4) is 0 Å². The Hall–Kier alpha value is -2.53. The molecular formula is C17H14ClNO4. The maximum absolute atomic E-state index is 12.8. The van der Waals surface area contributed by atoms with Crippen LogP contribution in [0.4, 0.5) is 10.5 Å². The van der Waals surface area contributed by atoms with Crippen LogP contribution in [0.25, 0.3) is 0 Å². The van der Waals surface area contributed by atoms with Crippen LogP contribution < -0.4 is 9.64 Å². The van der Waals surface area contributed by atoms with Gasteiger partial charge in [-0.15, -0.1) is 0 Å². The van der Waals surface area contributed by atoms with E-state index in [1.165, 1.54) is 0 Å². The highest BCUT2D eigenvalue weighted by atomic mass is 35.5. The van der Waals surface area contributed by atoms with Gasteiger partial charge < -0.3 is 14.7 Å². The minimum absolute atomic E-state index is 0.190. The summed E-state index contributed by atoms with van der Waals surface area (Å²) in [5, 5.41) is 9.13. The van der Waals surface area contributed by atoms with Gasteiger partial charge >= 0.3 is 6.16 Å². The molecule has 2 aromatic carbocycles. The number of carbonyl (C=O) groups is 2. The van der Waals surface area contributed by atoms with Crippen molar-refractivity contribution in [2.75, 3.05) is 11.4 Å². The van der Waals surface area contributed by atoms with E-state index in [-0.39, 0.29) is 11.7 Å². The third-order valence-corrected chi connectivity index (χ3v) is 4.06. The second-order valence-electron chi connectivity index (χ2n) is 5.20. The quantitative estimate of drug-likeness (QED) is 0.667. The maximum Gasteiger partial charge on any atom is 0.511 e. The van der Waals surface area contributed by atoms with Gasteiger partial charge in [-0.05, 0) is 36.6 Å². The Bertz CT molecular complexity index is 775. The molecule has 2 aromatic rings. The lowest BCUT2D eigenvalue weighted by Gasteiger charge is -2.30. The molecule has 0 unspecified atom stereocenters. The van der Waals surface area contributed by atoms with E-state index in [0.717, 1.165) is 18.4 Å². The van der Waals surface area contributed by atoms with E-state index in [2.05, 4.69) is 0 Å². The topological polar surface area (TPSA) is 66.8 Å². The Labute approximate surface area is 138 Å². The maximum atomic E-state index is 12.8. The van der Waals surface area contributed by atoms with Crippen molar-refractivity contribution in [1.29, 1.82) is 0 Å². The number of carboxylic acid groups (broad SMARTS) is 1. The Balaban J connectivity index is 1.98. The number of ether oxygens (including phenoxy) is 1. The fraction of sp³-hybridized carbons (Fsp3) is 0.176. The molecule has 1 N–H and O–H groups in total. The molecule has 0 saturated heterocycles. The number of aryl methyl sites for hydroxylation is 1. The molecule has 0 atom stereocenters. The SMILES string of the molecule is O=C(O)Oc1ccc2c(c1)N(C(=O)c1ccccc1Cl)CCC2. The van der Waals surface area contributed by atoms with Gasteiger partial charge in [-0.3, -0.25) is 4.79 Å². The van der Waals surface area contributed by atoms with E-state index in [1.807, 2.05) is 0 Å². The van der Waals surface area contributed by atoms with Crippen molar-refractivity contribution in [2.24, 2.45) is 0 Å². The Morgan fingerprint density at radius 1 is 1.17 bits per heavy atom. The summed E-state index contributed by atoms with van der Waals surface area (Å²) >= 11 is 6.12. The molecule has 0 bridgehead atoms. The van der Waals surface area contributed by atoms with Gasteiger partial charge in [0, 0.05) is 12.6 Å². The van der Waals surface area contributed by atoms with Crippen LogP contribution in [-0.4, -0.2) is 23.7 Å².